The third-order valence-corrected chi connectivity index (χ3v) is 3.13. The van der Waals surface area contributed by atoms with E-state index < -0.39 is 5.82 Å². The number of nitrogens with zero attached hydrogens (tertiary/aromatic N) is 1. The number of halogens is 2. The lowest BCUT2D eigenvalue weighted by atomic mass is 10.2. The van der Waals surface area contributed by atoms with Crippen LogP contribution < -0.4 is 4.74 Å². The Morgan fingerprint density at radius 2 is 2.11 bits per heavy atom. The van der Waals surface area contributed by atoms with E-state index in [-0.39, 0.29) is 11.3 Å². The first-order valence-electron chi connectivity index (χ1n) is 5.27. The van der Waals surface area contributed by atoms with Crippen LogP contribution in [0.1, 0.15) is 15.9 Å². The number of aldehydes is 1. The molecule has 0 saturated carbocycles. The van der Waals surface area contributed by atoms with E-state index in [2.05, 4.69) is 15.9 Å². The first kappa shape index (κ1) is 13.2. The lowest BCUT2D eigenvalue weighted by molar-refractivity contribution is 0.112. The highest BCUT2D eigenvalue weighted by Gasteiger charge is 2.10. The Morgan fingerprint density at radius 1 is 1.32 bits per heavy atom. The average molecular weight is 320 g/mol. The summed E-state index contributed by atoms with van der Waals surface area (Å²) in [5.74, 6) is -0.179. The summed E-state index contributed by atoms with van der Waals surface area (Å²) in [6, 6.07) is 10.6. The number of ether oxygens (including phenoxy) is 1. The van der Waals surface area contributed by atoms with Crippen LogP contribution in [0.2, 0.25) is 0 Å². The van der Waals surface area contributed by atoms with Gasteiger partial charge in [0.25, 0.3) is 0 Å². The molecule has 0 aromatic heterocycles. The summed E-state index contributed by atoms with van der Waals surface area (Å²) in [5, 5.41) is 8.89. The van der Waals surface area contributed by atoms with E-state index in [4.69, 9.17) is 10.00 Å². The molecule has 0 aliphatic rings. The molecular formula is C14H7BrFNO2. The van der Waals surface area contributed by atoms with Crippen molar-refractivity contribution in [2.45, 2.75) is 0 Å². The van der Waals surface area contributed by atoms with E-state index in [1.54, 1.807) is 18.2 Å². The summed E-state index contributed by atoms with van der Waals surface area (Å²) in [4.78, 5) is 10.8. The quantitative estimate of drug-likeness (QED) is 0.801. The molecule has 3 nitrogen and oxygen atoms in total. The van der Waals surface area contributed by atoms with Gasteiger partial charge in [-0.3, -0.25) is 4.79 Å². The largest absolute Gasteiger partial charge is 0.456 e. The second kappa shape index (κ2) is 5.63. The van der Waals surface area contributed by atoms with Crippen molar-refractivity contribution < 1.29 is 13.9 Å². The van der Waals surface area contributed by atoms with E-state index in [0.717, 1.165) is 0 Å². The van der Waals surface area contributed by atoms with Crippen LogP contribution in [0.3, 0.4) is 0 Å². The second-order valence-corrected chi connectivity index (χ2v) is 4.48. The first-order valence-corrected chi connectivity index (χ1v) is 6.06. The number of hydrogen-bond acceptors (Lipinski definition) is 3. The van der Waals surface area contributed by atoms with Crippen LogP contribution in [0.15, 0.2) is 40.9 Å². The van der Waals surface area contributed by atoms with Gasteiger partial charge in [0.05, 0.1) is 0 Å². The minimum absolute atomic E-state index is 0.113. The van der Waals surface area contributed by atoms with Gasteiger partial charge in [-0.15, -0.1) is 0 Å². The molecule has 0 amide bonds. The van der Waals surface area contributed by atoms with Crippen molar-refractivity contribution in [3.05, 3.63) is 57.8 Å². The van der Waals surface area contributed by atoms with Gasteiger partial charge in [-0.25, -0.2) is 4.39 Å². The molecule has 5 heteroatoms. The zero-order valence-electron chi connectivity index (χ0n) is 9.56. The Morgan fingerprint density at radius 3 is 2.79 bits per heavy atom. The van der Waals surface area contributed by atoms with Gasteiger partial charge in [0.15, 0.2) is 6.29 Å². The molecule has 94 valence electrons. The fraction of sp³-hybridized carbons (Fsp3) is 0. The highest BCUT2D eigenvalue weighted by molar-refractivity contribution is 9.10. The molecule has 0 bridgehead atoms. The van der Waals surface area contributed by atoms with Crippen LogP contribution in [-0.2, 0) is 0 Å². The summed E-state index contributed by atoms with van der Waals surface area (Å²) in [5.41, 5.74) is 0.241. The van der Waals surface area contributed by atoms with Crippen molar-refractivity contribution in [2.75, 3.05) is 0 Å². The van der Waals surface area contributed by atoms with Gasteiger partial charge < -0.3 is 4.74 Å². The maximum Gasteiger partial charge on any atom is 0.151 e. The van der Waals surface area contributed by atoms with Crippen LogP contribution in [0, 0.1) is 17.1 Å². The van der Waals surface area contributed by atoms with Crippen molar-refractivity contribution in [1.29, 1.82) is 5.26 Å². The smallest absolute Gasteiger partial charge is 0.151 e. The van der Waals surface area contributed by atoms with Crippen molar-refractivity contribution in [3.8, 4) is 17.6 Å². The SMILES string of the molecule is N#Cc1c(F)cccc1Oc1ccc(Br)c(C=O)c1. The molecule has 0 unspecified atom stereocenters. The molecular weight excluding hydrogens is 313 g/mol. The molecule has 0 atom stereocenters. The molecule has 0 aliphatic carbocycles. The van der Waals surface area contributed by atoms with Gasteiger partial charge in [0.1, 0.15) is 28.9 Å². The zero-order valence-corrected chi connectivity index (χ0v) is 11.1. The van der Waals surface area contributed by atoms with E-state index >= 15 is 0 Å². The number of carbonyl (C=O) groups is 1. The number of benzene rings is 2. The number of hydrogen-bond donors (Lipinski definition) is 0. The number of rotatable bonds is 3. The van der Waals surface area contributed by atoms with Crippen molar-refractivity contribution >= 4 is 22.2 Å². The van der Waals surface area contributed by atoms with Crippen LogP contribution in [0.25, 0.3) is 0 Å². The Labute approximate surface area is 117 Å². The molecule has 0 saturated heterocycles. The van der Waals surface area contributed by atoms with Crippen molar-refractivity contribution in [2.24, 2.45) is 0 Å². The molecule has 2 rings (SSSR count). The van der Waals surface area contributed by atoms with E-state index in [1.165, 1.54) is 24.3 Å². The zero-order chi connectivity index (χ0) is 13.8. The second-order valence-electron chi connectivity index (χ2n) is 3.63. The topological polar surface area (TPSA) is 50.1 Å². The third kappa shape index (κ3) is 2.80. The Bertz CT molecular complexity index is 680. The summed E-state index contributed by atoms with van der Waals surface area (Å²) in [7, 11) is 0. The van der Waals surface area contributed by atoms with Gasteiger partial charge in [0, 0.05) is 10.0 Å². The fourth-order valence-corrected chi connectivity index (χ4v) is 1.84. The Kier molecular flexibility index (Phi) is 3.93. The Balaban J connectivity index is 2.40. The lowest BCUT2D eigenvalue weighted by Crippen LogP contribution is -1.92. The summed E-state index contributed by atoms with van der Waals surface area (Å²) >= 11 is 3.22. The molecule has 2 aromatic rings. The normalized spacial score (nSPS) is 9.74. The molecule has 0 aliphatic heterocycles. The van der Waals surface area contributed by atoms with E-state index in [9.17, 15) is 9.18 Å². The van der Waals surface area contributed by atoms with Crippen molar-refractivity contribution in [1.82, 2.24) is 0 Å². The molecule has 0 spiro atoms. The molecule has 19 heavy (non-hydrogen) atoms. The minimum Gasteiger partial charge on any atom is -0.456 e. The standard InChI is InChI=1S/C14H7BrFNO2/c15-12-5-4-10(6-9(12)8-18)19-14-3-1-2-13(16)11(14)7-17/h1-6,8H. The van der Waals surface area contributed by atoms with Crippen LogP contribution in [0.4, 0.5) is 4.39 Å². The highest BCUT2D eigenvalue weighted by Crippen LogP contribution is 2.29. The molecule has 0 N–H and O–H groups in total. The summed E-state index contributed by atoms with van der Waals surface area (Å²) in [6.45, 7) is 0. The molecule has 0 heterocycles. The van der Waals surface area contributed by atoms with Gasteiger partial charge in [-0.2, -0.15) is 5.26 Å². The van der Waals surface area contributed by atoms with E-state index in [1.807, 2.05) is 0 Å². The van der Waals surface area contributed by atoms with Crippen LogP contribution in [0.5, 0.6) is 11.5 Å². The summed E-state index contributed by atoms with van der Waals surface area (Å²) < 4.78 is 19.5. The third-order valence-electron chi connectivity index (χ3n) is 2.41. The highest BCUT2D eigenvalue weighted by atomic mass is 79.9. The van der Waals surface area contributed by atoms with Crippen molar-refractivity contribution in [3.63, 3.8) is 0 Å². The molecule has 0 radical (unpaired) electrons. The number of carbonyl (C=O) groups excluding carboxylic acids is 1. The monoisotopic (exact) mass is 319 g/mol. The number of nitriles is 1. The molecule has 0 fully saturated rings. The maximum atomic E-state index is 13.4. The first-order chi connectivity index (χ1) is 9.15. The average Bonchev–Trinajstić information content (AvgIpc) is 2.41. The predicted molar refractivity (Wildman–Crippen MR) is 70.7 cm³/mol. The fourth-order valence-electron chi connectivity index (χ4n) is 1.50. The maximum absolute atomic E-state index is 13.4. The lowest BCUT2D eigenvalue weighted by Gasteiger charge is -2.08. The molecule has 2 aromatic carbocycles. The van der Waals surface area contributed by atoms with E-state index in [0.29, 0.717) is 22.1 Å². The van der Waals surface area contributed by atoms with Gasteiger partial charge in [0.2, 0.25) is 0 Å². The van der Waals surface area contributed by atoms with Gasteiger partial charge >= 0.3 is 0 Å². The minimum atomic E-state index is -0.646. The van der Waals surface area contributed by atoms with Crippen LogP contribution in [-0.4, -0.2) is 6.29 Å². The Hall–Kier alpha value is -2.19. The summed E-state index contributed by atoms with van der Waals surface area (Å²) in [6.07, 6.45) is 0.674. The van der Waals surface area contributed by atoms with Gasteiger partial charge in [-0.1, -0.05) is 22.0 Å². The predicted octanol–water partition coefficient (Wildman–Crippen LogP) is 4.06. The van der Waals surface area contributed by atoms with Crippen LogP contribution >= 0.6 is 15.9 Å². The van der Waals surface area contributed by atoms with Gasteiger partial charge in [-0.05, 0) is 30.3 Å².